The molecule has 1 aromatic rings. The van der Waals surface area contributed by atoms with E-state index in [-0.39, 0.29) is 17.4 Å². The van der Waals surface area contributed by atoms with Crippen molar-refractivity contribution in [1.29, 1.82) is 0 Å². The minimum atomic E-state index is -1.52. The van der Waals surface area contributed by atoms with Crippen LogP contribution in [0.3, 0.4) is 0 Å². The lowest BCUT2D eigenvalue weighted by Gasteiger charge is -2.09. The Bertz CT molecular complexity index is 487. The fraction of sp³-hybridized carbons (Fsp3) is 0.500. The summed E-state index contributed by atoms with van der Waals surface area (Å²) < 4.78 is 12.5. The molecule has 0 radical (unpaired) electrons. The maximum atomic E-state index is 12.0. The first-order valence-electron chi connectivity index (χ1n) is 5.89. The van der Waals surface area contributed by atoms with Crippen LogP contribution in [0.15, 0.2) is 12.1 Å². The monoisotopic (exact) mass is 321 g/mol. The van der Waals surface area contributed by atoms with Gasteiger partial charge in [-0.1, -0.05) is 18.5 Å². The fourth-order valence-corrected chi connectivity index (χ4v) is 3.46. The summed E-state index contributed by atoms with van der Waals surface area (Å²) in [6.45, 7) is 4.06. The third-order valence-corrected chi connectivity index (χ3v) is 5.22. The zero-order valence-corrected chi connectivity index (χ0v) is 13.2. The molecule has 0 fully saturated rings. The highest BCUT2D eigenvalue weighted by Gasteiger charge is 2.24. The van der Waals surface area contributed by atoms with Crippen molar-refractivity contribution in [2.75, 3.05) is 12.3 Å². The molecular weight excluding hydrogens is 306 g/mol. The molecule has 1 rings (SSSR count). The predicted octanol–water partition coefficient (Wildman–Crippen LogP) is 2.25. The molecule has 0 aliphatic rings. The van der Waals surface area contributed by atoms with E-state index in [1.165, 1.54) is 0 Å². The number of Topliss-reactive ketones (excluding diaryl/α,β-unsaturated/α-hetero) is 1. The molecule has 0 aliphatic carbocycles. The second kappa shape index (κ2) is 7.77. The number of rotatable bonds is 7. The lowest BCUT2D eigenvalue weighted by molar-refractivity contribution is -0.118. The highest BCUT2D eigenvalue weighted by Crippen LogP contribution is 2.23. The molecule has 19 heavy (non-hydrogen) atoms. The third kappa shape index (κ3) is 5.04. The number of hydrogen-bond donors (Lipinski definition) is 1. The van der Waals surface area contributed by atoms with Crippen molar-refractivity contribution in [3.05, 3.63) is 21.3 Å². The molecule has 0 spiro atoms. The average molecular weight is 322 g/mol. The topological polar surface area (TPSA) is 63.2 Å². The standard InChI is InChI=1S/C12H16ClNO3S2/c1-3-6-14-11(15)7-19(17)8(2)12(16)9-4-5-10(13)18-9/h4-5,8H,3,6-7H2,1-2H3,(H,14,15). The summed E-state index contributed by atoms with van der Waals surface area (Å²) in [4.78, 5) is 23.9. The summed E-state index contributed by atoms with van der Waals surface area (Å²) in [6, 6.07) is 3.24. The molecule has 2 atom stereocenters. The molecular formula is C12H16ClNO3S2. The lowest BCUT2D eigenvalue weighted by Crippen LogP contribution is -2.33. The van der Waals surface area contributed by atoms with Crippen LogP contribution in [0.5, 0.6) is 0 Å². The largest absolute Gasteiger partial charge is 0.355 e. The van der Waals surface area contributed by atoms with Gasteiger partial charge in [-0.2, -0.15) is 0 Å². The highest BCUT2D eigenvalue weighted by atomic mass is 35.5. The van der Waals surface area contributed by atoms with Crippen LogP contribution < -0.4 is 5.32 Å². The SMILES string of the molecule is CCCNC(=O)CS(=O)C(C)C(=O)c1ccc(Cl)s1. The summed E-state index contributed by atoms with van der Waals surface area (Å²) in [7, 11) is -1.52. The van der Waals surface area contributed by atoms with Crippen LogP contribution in [-0.2, 0) is 15.6 Å². The summed E-state index contributed by atoms with van der Waals surface area (Å²) in [5.74, 6) is -0.672. The number of hydrogen-bond acceptors (Lipinski definition) is 4. The van der Waals surface area contributed by atoms with Gasteiger partial charge in [0.05, 0.1) is 14.5 Å². The van der Waals surface area contributed by atoms with E-state index in [0.29, 0.717) is 15.8 Å². The fourth-order valence-electron chi connectivity index (χ4n) is 1.34. The molecule has 0 aliphatic heterocycles. The Morgan fingerprint density at radius 3 is 2.68 bits per heavy atom. The number of ketones is 1. The number of carbonyl (C=O) groups excluding carboxylic acids is 2. The van der Waals surface area contributed by atoms with Crippen LogP contribution in [0.25, 0.3) is 0 Å². The first-order valence-corrected chi connectivity index (χ1v) is 8.46. The number of thiophene rings is 1. The van der Waals surface area contributed by atoms with Crippen LogP contribution in [-0.4, -0.2) is 33.4 Å². The predicted molar refractivity (Wildman–Crippen MR) is 79.4 cm³/mol. The van der Waals surface area contributed by atoms with Gasteiger partial charge < -0.3 is 5.32 Å². The van der Waals surface area contributed by atoms with E-state index in [0.717, 1.165) is 17.8 Å². The summed E-state index contributed by atoms with van der Waals surface area (Å²) in [5.41, 5.74) is 0. The van der Waals surface area contributed by atoms with Crippen molar-refractivity contribution in [2.24, 2.45) is 0 Å². The third-order valence-electron chi connectivity index (χ3n) is 2.43. The first-order chi connectivity index (χ1) is 8.95. The molecule has 106 valence electrons. The summed E-state index contributed by atoms with van der Waals surface area (Å²) in [5, 5.41) is 1.93. The van der Waals surface area contributed by atoms with E-state index in [1.54, 1.807) is 19.1 Å². The smallest absolute Gasteiger partial charge is 0.232 e. The molecule has 1 amide bonds. The van der Waals surface area contributed by atoms with Crippen molar-refractivity contribution in [3.63, 3.8) is 0 Å². The molecule has 0 bridgehead atoms. The van der Waals surface area contributed by atoms with Crippen LogP contribution in [0.2, 0.25) is 4.34 Å². The lowest BCUT2D eigenvalue weighted by atomic mass is 10.2. The van der Waals surface area contributed by atoms with Crippen LogP contribution in [0.1, 0.15) is 29.9 Å². The van der Waals surface area contributed by atoms with Gasteiger partial charge in [-0.3, -0.25) is 13.8 Å². The number of halogens is 1. The van der Waals surface area contributed by atoms with Crippen LogP contribution >= 0.6 is 22.9 Å². The van der Waals surface area contributed by atoms with Crippen LogP contribution in [0.4, 0.5) is 0 Å². The molecule has 2 unspecified atom stereocenters. The van der Waals surface area contributed by atoms with Gasteiger partial charge in [-0.25, -0.2) is 0 Å². The molecule has 1 aromatic heterocycles. The average Bonchev–Trinajstić information content (AvgIpc) is 2.81. The van der Waals surface area contributed by atoms with Gasteiger partial charge in [0.25, 0.3) is 0 Å². The Morgan fingerprint density at radius 2 is 2.16 bits per heavy atom. The van der Waals surface area contributed by atoms with Gasteiger partial charge in [-0.15, -0.1) is 11.3 Å². The van der Waals surface area contributed by atoms with E-state index in [1.807, 2.05) is 6.92 Å². The Kier molecular flexibility index (Phi) is 6.68. The van der Waals surface area contributed by atoms with Gasteiger partial charge in [-0.05, 0) is 25.5 Å². The Balaban J connectivity index is 2.57. The zero-order chi connectivity index (χ0) is 14.4. The van der Waals surface area contributed by atoms with Gasteiger partial charge in [0.15, 0.2) is 5.78 Å². The molecule has 7 heteroatoms. The normalized spacial score (nSPS) is 13.8. The second-order valence-corrected chi connectivity index (χ2v) is 7.46. The minimum Gasteiger partial charge on any atom is -0.355 e. The number of nitrogens with one attached hydrogen (secondary N) is 1. The summed E-state index contributed by atoms with van der Waals surface area (Å²) in [6.07, 6.45) is 0.820. The van der Waals surface area contributed by atoms with E-state index in [4.69, 9.17) is 11.6 Å². The first kappa shape index (κ1) is 16.3. The zero-order valence-electron chi connectivity index (χ0n) is 10.8. The van der Waals surface area contributed by atoms with E-state index in [9.17, 15) is 13.8 Å². The second-order valence-electron chi connectivity index (χ2n) is 3.99. The maximum absolute atomic E-state index is 12.0. The van der Waals surface area contributed by atoms with E-state index < -0.39 is 16.0 Å². The van der Waals surface area contributed by atoms with Gasteiger partial charge in [0.2, 0.25) is 5.91 Å². The molecule has 1 heterocycles. The van der Waals surface area contributed by atoms with Crippen molar-refractivity contribution >= 4 is 45.4 Å². The van der Waals surface area contributed by atoms with Gasteiger partial charge in [0, 0.05) is 17.3 Å². The Labute approximate surface area is 124 Å². The Hall–Kier alpha value is -0.720. The van der Waals surface area contributed by atoms with Crippen molar-refractivity contribution in [1.82, 2.24) is 5.32 Å². The van der Waals surface area contributed by atoms with Crippen molar-refractivity contribution in [2.45, 2.75) is 25.5 Å². The maximum Gasteiger partial charge on any atom is 0.232 e. The van der Waals surface area contributed by atoms with Gasteiger partial charge >= 0.3 is 0 Å². The van der Waals surface area contributed by atoms with Crippen molar-refractivity contribution in [3.8, 4) is 0 Å². The van der Waals surface area contributed by atoms with Crippen molar-refractivity contribution < 1.29 is 13.8 Å². The quantitative estimate of drug-likeness (QED) is 0.783. The molecule has 0 saturated heterocycles. The molecule has 4 nitrogen and oxygen atoms in total. The molecule has 1 N–H and O–H groups in total. The molecule has 0 aromatic carbocycles. The van der Waals surface area contributed by atoms with Crippen LogP contribution in [0, 0.1) is 0 Å². The highest BCUT2D eigenvalue weighted by molar-refractivity contribution is 7.87. The molecule has 0 saturated carbocycles. The van der Waals surface area contributed by atoms with E-state index >= 15 is 0 Å². The van der Waals surface area contributed by atoms with Gasteiger partial charge in [0.1, 0.15) is 5.75 Å². The number of carbonyl (C=O) groups is 2. The summed E-state index contributed by atoms with van der Waals surface area (Å²) >= 11 is 6.91. The minimum absolute atomic E-state index is 0.147. The van der Waals surface area contributed by atoms with E-state index in [2.05, 4.69) is 5.32 Å². The Morgan fingerprint density at radius 1 is 1.47 bits per heavy atom. The number of amides is 1.